The van der Waals surface area contributed by atoms with E-state index in [1.165, 1.54) is 35.6 Å². The van der Waals surface area contributed by atoms with Crippen LogP contribution in [0.4, 0.5) is 4.39 Å². The van der Waals surface area contributed by atoms with Crippen LogP contribution in [-0.4, -0.2) is 20.5 Å². The molecule has 0 N–H and O–H groups in total. The van der Waals surface area contributed by atoms with Gasteiger partial charge in [-0.05, 0) is 42.8 Å². The first-order chi connectivity index (χ1) is 10.6. The Bertz CT molecular complexity index is 835. The van der Waals surface area contributed by atoms with Crippen LogP contribution in [0, 0.1) is 12.7 Å². The summed E-state index contributed by atoms with van der Waals surface area (Å²) < 4.78 is 20.6. The predicted molar refractivity (Wildman–Crippen MR) is 78.1 cm³/mol. The van der Waals surface area contributed by atoms with Gasteiger partial charge in [0, 0.05) is 0 Å². The third kappa shape index (κ3) is 2.85. The van der Waals surface area contributed by atoms with E-state index in [0.717, 1.165) is 0 Å². The first-order valence-corrected chi connectivity index (χ1v) is 6.57. The highest BCUT2D eigenvalue weighted by molar-refractivity contribution is 6.04. The van der Waals surface area contributed by atoms with Crippen molar-refractivity contribution < 1.29 is 13.6 Å². The van der Waals surface area contributed by atoms with Crippen molar-refractivity contribution in [3.63, 3.8) is 0 Å². The number of carbonyl (C=O) groups is 1. The van der Waals surface area contributed by atoms with E-state index in [-0.39, 0.29) is 11.5 Å². The van der Waals surface area contributed by atoms with Gasteiger partial charge in [-0.1, -0.05) is 12.1 Å². The molecule has 110 valence electrons. The van der Waals surface area contributed by atoms with E-state index in [9.17, 15) is 9.18 Å². The lowest BCUT2D eigenvalue weighted by Crippen LogP contribution is -1.98. The zero-order valence-electron chi connectivity index (χ0n) is 11.7. The van der Waals surface area contributed by atoms with E-state index in [0.29, 0.717) is 17.0 Å². The number of ketones is 1. The summed E-state index contributed by atoms with van der Waals surface area (Å²) in [5, 5.41) is 3.87. The summed E-state index contributed by atoms with van der Waals surface area (Å²) >= 11 is 0. The number of furan rings is 1. The van der Waals surface area contributed by atoms with Gasteiger partial charge in [-0.3, -0.25) is 4.79 Å². The Balaban J connectivity index is 1.80. The van der Waals surface area contributed by atoms with Crippen LogP contribution in [0.3, 0.4) is 0 Å². The maximum Gasteiger partial charge on any atom is 0.221 e. The largest absolute Gasteiger partial charge is 0.458 e. The standard InChI is InChI=1S/C16H12FN3O2/c1-11-2-7-16(22-11)15(21)6-4-12-3-5-14(13(17)8-12)20-10-18-9-19-20/h2-10H,1H3/b6-4+. The molecule has 3 rings (SSSR count). The molecule has 6 heteroatoms. The Kier molecular flexibility index (Phi) is 3.65. The van der Waals surface area contributed by atoms with Gasteiger partial charge >= 0.3 is 0 Å². The molecule has 0 spiro atoms. The third-order valence-corrected chi connectivity index (χ3v) is 3.05. The van der Waals surface area contributed by atoms with E-state index in [1.54, 1.807) is 31.2 Å². The number of benzene rings is 1. The number of allylic oxidation sites excluding steroid dienone is 1. The van der Waals surface area contributed by atoms with E-state index in [2.05, 4.69) is 10.1 Å². The second kappa shape index (κ2) is 5.77. The van der Waals surface area contributed by atoms with Gasteiger partial charge in [0.1, 0.15) is 29.9 Å². The quantitative estimate of drug-likeness (QED) is 0.548. The van der Waals surface area contributed by atoms with Crippen molar-refractivity contribution in [2.45, 2.75) is 6.92 Å². The molecule has 5 nitrogen and oxygen atoms in total. The Hall–Kier alpha value is -3.02. The highest BCUT2D eigenvalue weighted by Crippen LogP contribution is 2.15. The van der Waals surface area contributed by atoms with Crippen LogP contribution < -0.4 is 0 Å². The predicted octanol–water partition coefficient (Wildman–Crippen LogP) is 3.20. The summed E-state index contributed by atoms with van der Waals surface area (Å²) in [4.78, 5) is 15.6. The van der Waals surface area contributed by atoms with Gasteiger partial charge in [-0.2, -0.15) is 5.10 Å². The summed E-state index contributed by atoms with van der Waals surface area (Å²) in [7, 11) is 0. The molecule has 3 aromatic rings. The molecule has 2 heterocycles. The second-order valence-corrected chi connectivity index (χ2v) is 4.66. The Morgan fingerprint density at radius 3 is 2.82 bits per heavy atom. The van der Waals surface area contributed by atoms with Gasteiger partial charge in [0.15, 0.2) is 5.76 Å². The molecule has 0 bridgehead atoms. The lowest BCUT2D eigenvalue weighted by atomic mass is 10.1. The minimum absolute atomic E-state index is 0.258. The van der Waals surface area contributed by atoms with Crippen molar-refractivity contribution in [1.82, 2.24) is 14.8 Å². The maximum absolute atomic E-state index is 14.0. The number of aryl methyl sites for hydroxylation is 1. The number of hydrogen-bond donors (Lipinski definition) is 0. The molecule has 0 aliphatic heterocycles. The van der Waals surface area contributed by atoms with Gasteiger partial charge in [0.2, 0.25) is 5.78 Å². The number of nitrogens with zero attached hydrogens (tertiary/aromatic N) is 3. The van der Waals surface area contributed by atoms with Gasteiger partial charge in [-0.25, -0.2) is 14.1 Å². The normalized spacial score (nSPS) is 11.2. The highest BCUT2D eigenvalue weighted by Gasteiger charge is 2.07. The van der Waals surface area contributed by atoms with Crippen molar-refractivity contribution in [2.24, 2.45) is 0 Å². The molecule has 22 heavy (non-hydrogen) atoms. The zero-order chi connectivity index (χ0) is 15.5. The van der Waals surface area contributed by atoms with Gasteiger partial charge < -0.3 is 4.42 Å². The fraction of sp³-hybridized carbons (Fsp3) is 0.0625. The van der Waals surface area contributed by atoms with Crippen LogP contribution in [0.25, 0.3) is 11.8 Å². The smallest absolute Gasteiger partial charge is 0.221 e. The molecule has 2 aromatic heterocycles. The van der Waals surface area contributed by atoms with Crippen molar-refractivity contribution in [3.8, 4) is 5.69 Å². The summed E-state index contributed by atoms with van der Waals surface area (Å²) in [5.41, 5.74) is 0.862. The first kappa shape index (κ1) is 13.9. The lowest BCUT2D eigenvalue weighted by Gasteiger charge is -2.03. The summed E-state index contributed by atoms with van der Waals surface area (Å²) in [6, 6.07) is 7.92. The summed E-state index contributed by atoms with van der Waals surface area (Å²) in [6.45, 7) is 1.76. The Morgan fingerprint density at radius 1 is 1.32 bits per heavy atom. The number of rotatable bonds is 4. The average molecular weight is 297 g/mol. The Morgan fingerprint density at radius 2 is 2.18 bits per heavy atom. The topological polar surface area (TPSA) is 60.9 Å². The fourth-order valence-electron chi connectivity index (χ4n) is 1.97. The molecular weight excluding hydrogens is 285 g/mol. The van der Waals surface area contributed by atoms with Crippen LogP contribution >= 0.6 is 0 Å². The minimum atomic E-state index is -0.450. The van der Waals surface area contributed by atoms with Crippen molar-refractivity contribution >= 4 is 11.9 Å². The lowest BCUT2D eigenvalue weighted by molar-refractivity contribution is 0.102. The number of carbonyl (C=O) groups excluding carboxylic acids is 1. The van der Waals surface area contributed by atoms with Gasteiger partial charge in [0.25, 0.3) is 0 Å². The van der Waals surface area contributed by atoms with Crippen molar-refractivity contribution in [3.05, 3.63) is 72.0 Å². The molecule has 1 aromatic carbocycles. The van der Waals surface area contributed by atoms with E-state index < -0.39 is 5.82 Å². The molecule has 0 saturated carbocycles. The van der Waals surface area contributed by atoms with Crippen molar-refractivity contribution in [2.75, 3.05) is 0 Å². The molecule has 0 unspecified atom stereocenters. The number of hydrogen-bond acceptors (Lipinski definition) is 4. The molecule has 0 aliphatic carbocycles. The monoisotopic (exact) mass is 297 g/mol. The summed E-state index contributed by atoms with van der Waals surface area (Å²) in [5.74, 6) is 0.205. The number of aromatic nitrogens is 3. The van der Waals surface area contributed by atoms with Crippen LogP contribution in [0.15, 0.2) is 53.5 Å². The fourth-order valence-corrected chi connectivity index (χ4v) is 1.97. The van der Waals surface area contributed by atoms with Crippen molar-refractivity contribution in [1.29, 1.82) is 0 Å². The summed E-state index contributed by atoms with van der Waals surface area (Å²) in [6.07, 6.45) is 5.63. The molecular formula is C16H12FN3O2. The molecule has 0 radical (unpaired) electrons. The van der Waals surface area contributed by atoms with E-state index >= 15 is 0 Å². The molecule has 0 saturated heterocycles. The molecule has 0 fully saturated rings. The first-order valence-electron chi connectivity index (χ1n) is 6.57. The maximum atomic E-state index is 14.0. The minimum Gasteiger partial charge on any atom is -0.458 e. The molecule has 0 atom stereocenters. The average Bonchev–Trinajstić information content (AvgIpc) is 3.16. The van der Waals surface area contributed by atoms with Crippen LogP contribution in [0.1, 0.15) is 21.9 Å². The van der Waals surface area contributed by atoms with Gasteiger partial charge in [0.05, 0.1) is 0 Å². The highest BCUT2D eigenvalue weighted by atomic mass is 19.1. The molecule has 0 amide bonds. The van der Waals surface area contributed by atoms with Gasteiger partial charge in [-0.15, -0.1) is 0 Å². The second-order valence-electron chi connectivity index (χ2n) is 4.66. The van der Waals surface area contributed by atoms with Crippen LogP contribution in [0.2, 0.25) is 0 Å². The zero-order valence-corrected chi connectivity index (χ0v) is 11.7. The van der Waals surface area contributed by atoms with Crippen LogP contribution in [0.5, 0.6) is 0 Å². The van der Waals surface area contributed by atoms with E-state index in [4.69, 9.17) is 4.42 Å². The number of halogens is 1. The van der Waals surface area contributed by atoms with Crippen LogP contribution in [-0.2, 0) is 0 Å². The third-order valence-electron chi connectivity index (χ3n) is 3.05. The molecule has 0 aliphatic rings. The SMILES string of the molecule is Cc1ccc(C(=O)/C=C/c2ccc(-n3cncn3)c(F)c2)o1. The Labute approximate surface area is 125 Å². The van der Waals surface area contributed by atoms with E-state index in [1.807, 2.05) is 0 Å².